The van der Waals surface area contributed by atoms with Crippen LogP contribution in [0, 0.1) is 34.0 Å². The smallest absolute Gasteiger partial charge is 0.316 e. The van der Waals surface area contributed by atoms with Gasteiger partial charge in [-0.05, 0) is 40.4 Å². The van der Waals surface area contributed by atoms with Crippen molar-refractivity contribution >= 4 is 35.4 Å². The quantitative estimate of drug-likeness (QED) is 0.239. The molecule has 1 saturated heterocycles. The maximum Gasteiger partial charge on any atom is 0.316 e. The Morgan fingerprint density at radius 2 is 1.44 bits per heavy atom. The van der Waals surface area contributed by atoms with E-state index < -0.39 is 70.4 Å². The number of amides is 6. The van der Waals surface area contributed by atoms with Gasteiger partial charge in [-0.15, -0.1) is 0 Å². The Morgan fingerprint density at radius 3 is 1.90 bits per heavy atom. The number of urea groups is 1. The number of nitrogens with two attached hydrogens (primary N) is 1. The highest BCUT2D eigenvalue weighted by Crippen LogP contribution is 2.65. The first kappa shape index (κ1) is 32.3. The second-order valence-corrected chi connectivity index (χ2v) is 14.7. The number of ketones is 1. The van der Waals surface area contributed by atoms with Crippen molar-refractivity contribution in [3.05, 3.63) is 0 Å². The summed E-state index contributed by atoms with van der Waals surface area (Å²) in [7, 11) is 1.37. The molecule has 0 bridgehead atoms. The summed E-state index contributed by atoms with van der Waals surface area (Å²) < 4.78 is 0. The number of fused-ring (bicyclic) bond motifs is 1. The fourth-order valence-corrected chi connectivity index (χ4v) is 6.10. The topological polar surface area (TPSA) is 180 Å². The van der Waals surface area contributed by atoms with E-state index in [9.17, 15) is 28.8 Å². The molecule has 0 radical (unpaired) electrons. The van der Waals surface area contributed by atoms with Crippen LogP contribution in [0.4, 0.5) is 4.79 Å². The van der Waals surface area contributed by atoms with Gasteiger partial charge < -0.3 is 31.9 Å². The largest absolute Gasteiger partial charge is 0.368 e. The first-order valence-corrected chi connectivity index (χ1v) is 14.4. The molecule has 1 aliphatic heterocycles. The number of nitrogens with zero attached hydrogens (tertiary/aromatic N) is 1. The highest BCUT2D eigenvalue weighted by atomic mass is 16.2. The van der Waals surface area contributed by atoms with E-state index in [4.69, 9.17) is 5.73 Å². The average molecular weight is 577 g/mol. The summed E-state index contributed by atoms with van der Waals surface area (Å²) in [5.41, 5.74) is 3.94. The Labute approximate surface area is 242 Å². The molecule has 3 aliphatic rings. The van der Waals surface area contributed by atoms with Crippen molar-refractivity contribution in [1.29, 1.82) is 0 Å². The molecule has 2 aliphatic carbocycles. The molecule has 0 spiro atoms. The van der Waals surface area contributed by atoms with E-state index in [0.29, 0.717) is 13.0 Å². The van der Waals surface area contributed by atoms with Crippen LogP contribution in [0.15, 0.2) is 0 Å². The zero-order valence-electron chi connectivity index (χ0n) is 25.8. The monoisotopic (exact) mass is 576 g/mol. The van der Waals surface area contributed by atoms with Gasteiger partial charge >= 0.3 is 6.03 Å². The molecule has 3 rings (SSSR count). The first-order valence-electron chi connectivity index (χ1n) is 14.4. The lowest BCUT2D eigenvalue weighted by molar-refractivity contribution is -0.145. The number of carbonyl (C=O) groups excluding carboxylic acids is 6. The average Bonchev–Trinajstić information content (AvgIpc) is 3.69. The van der Waals surface area contributed by atoms with E-state index in [1.54, 1.807) is 41.5 Å². The lowest BCUT2D eigenvalue weighted by atomic mass is 9.85. The maximum atomic E-state index is 14.1. The van der Waals surface area contributed by atoms with E-state index in [1.165, 1.54) is 11.9 Å². The molecule has 1 heterocycles. The second kappa shape index (κ2) is 11.2. The van der Waals surface area contributed by atoms with Crippen LogP contribution in [0.2, 0.25) is 0 Å². The molecule has 41 heavy (non-hydrogen) atoms. The van der Waals surface area contributed by atoms with Crippen molar-refractivity contribution in [3.63, 3.8) is 0 Å². The number of piperidine rings is 1. The molecule has 12 heteroatoms. The van der Waals surface area contributed by atoms with Gasteiger partial charge in [0, 0.05) is 13.6 Å². The summed E-state index contributed by atoms with van der Waals surface area (Å²) in [4.78, 5) is 79.4. The molecule has 6 amide bonds. The van der Waals surface area contributed by atoms with Gasteiger partial charge in [-0.25, -0.2) is 4.79 Å². The predicted molar refractivity (Wildman–Crippen MR) is 152 cm³/mol. The summed E-state index contributed by atoms with van der Waals surface area (Å²) in [6.45, 7) is 15.1. The zero-order chi connectivity index (χ0) is 31.2. The van der Waals surface area contributed by atoms with Crippen LogP contribution in [0.1, 0.15) is 74.7 Å². The standard InChI is InChI=1S/C29H48N6O6/c1-27(2,3)20(22(30)37)33-26(41)34-21(28(4,5)6)25(40)35-13-15-17(29(15,7)8)18(35)23(38)32-16(12-14-10-11-14)19(36)24(39)31-9/h14-18,20-21H,10-13H2,1-9H3,(H2,30,37)(H,31,39)(H,32,38)(H2,33,34,41)/t15-,16?,17-,18-,20+,21+/m0/s1. The molecule has 6 atom stereocenters. The molecule has 6 N–H and O–H groups in total. The van der Waals surface area contributed by atoms with Crippen LogP contribution in [-0.2, 0) is 24.0 Å². The Morgan fingerprint density at radius 1 is 0.902 bits per heavy atom. The number of rotatable bonds is 10. The van der Waals surface area contributed by atoms with E-state index >= 15 is 0 Å². The van der Waals surface area contributed by atoms with Crippen molar-refractivity contribution in [1.82, 2.24) is 26.2 Å². The van der Waals surface area contributed by atoms with Gasteiger partial charge in [-0.1, -0.05) is 68.2 Å². The third kappa shape index (κ3) is 7.01. The van der Waals surface area contributed by atoms with Crippen molar-refractivity contribution in [2.75, 3.05) is 13.6 Å². The van der Waals surface area contributed by atoms with Crippen molar-refractivity contribution in [2.24, 2.45) is 39.7 Å². The minimum absolute atomic E-state index is 0.0771. The number of likely N-dealkylation sites (tertiary alicyclic amines) is 1. The predicted octanol–water partition coefficient (Wildman–Crippen LogP) is 0.683. The van der Waals surface area contributed by atoms with Crippen molar-refractivity contribution in [2.45, 2.75) is 98.8 Å². The molecule has 2 saturated carbocycles. The molecular formula is C29H48N6O6. The SMILES string of the molecule is CNC(=O)C(=O)C(CC1CC1)NC(=O)[C@@H]1[C@@H]2[C@H](CN1C(=O)[C@@H](NC(=O)N[C@H](C(N)=O)C(C)(C)C)C(C)(C)C)C2(C)C. The highest BCUT2D eigenvalue weighted by Gasteiger charge is 2.70. The minimum atomic E-state index is -1.03. The van der Waals surface area contributed by atoms with Crippen molar-refractivity contribution in [3.8, 4) is 0 Å². The van der Waals surface area contributed by atoms with E-state index in [1.807, 2.05) is 13.8 Å². The van der Waals surface area contributed by atoms with Gasteiger partial charge in [0.25, 0.3) is 5.91 Å². The molecule has 12 nitrogen and oxygen atoms in total. The number of likely N-dealkylation sites (N-methyl/N-ethyl adjacent to an activating group) is 1. The van der Waals surface area contributed by atoms with E-state index in [2.05, 4.69) is 21.3 Å². The second-order valence-electron chi connectivity index (χ2n) is 14.7. The lowest BCUT2D eigenvalue weighted by Crippen LogP contribution is -2.63. The number of hydrogen-bond donors (Lipinski definition) is 5. The molecule has 3 fully saturated rings. The first-order chi connectivity index (χ1) is 18.7. The molecule has 0 aromatic rings. The van der Waals surface area contributed by atoms with Crippen LogP contribution in [0.25, 0.3) is 0 Å². The Balaban J connectivity index is 1.84. The Bertz CT molecular complexity index is 1100. The van der Waals surface area contributed by atoms with Gasteiger partial charge in [0.05, 0.1) is 6.04 Å². The van der Waals surface area contributed by atoms with Crippen LogP contribution in [-0.4, -0.2) is 78.1 Å². The molecular weight excluding hydrogens is 528 g/mol. The fraction of sp³-hybridized carbons (Fsp3) is 0.793. The van der Waals surface area contributed by atoms with Crippen LogP contribution in [0.5, 0.6) is 0 Å². The van der Waals surface area contributed by atoms with Gasteiger partial charge in [0.2, 0.25) is 23.5 Å². The van der Waals surface area contributed by atoms with Gasteiger partial charge in [-0.3, -0.25) is 24.0 Å². The van der Waals surface area contributed by atoms with Gasteiger partial charge in [0.1, 0.15) is 18.1 Å². The van der Waals surface area contributed by atoms with Crippen LogP contribution >= 0.6 is 0 Å². The van der Waals surface area contributed by atoms with Gasteiger partial charge in [-0.2, -0.15) is 0 Å². The van der Waals surface area contributed by atoms with Gasteiger partial charge in [0.15, 0.2) is 0 Å². The van der Waals surface area contributed by atoms with Crippen LogP contribution < -0.4 is 27.0 Å². The lowest BCUT2D eigenvalue weighted by Gasteiger charge is -2.38. The van der Waals surface area contributed by atoms with Crippen molar-refractivity contribution < 1.29 is 28.8 Å². The maximum absolute atomic E-state index is 14.1. The number of primary amides is 1. The normalized spacial score (nSPS) is 25.2. The summed E-state index contributed by atoms with van der Waals surface area (Å²) in [5, 5.41) is 10.5. The molecule has 230 valence electrons. The number of carbonyl (C=O) groups is 6. The number of nitrogens with one attached hydrogen (secondary N) is 4. The summed E-state index contributed by atoms with van der Waals surface area (Å²) in [6, 6.07) is -4.55. The van der Waals surface area contributed by atoms with Crippen LogP contribution in [0.3, 0.4) is 0 Å². The molecule has 0 aromatic carbocycles. The van der Waals surface area contributed by atoms with E-state index in [0.717, 1.165) is 12.8 Å². The van der Waals surface area contributed by atoms with E-state index in [-0.39, 0.29) is 23.2 Å². The highest BCUT2D eigenvalue weighted by molar-refractivity contribution is 6.38. The Hall–Kier alpha value is -3.18. The zero-order valence-corrected chi connectivity index (χ0v) is 25.8. The minimum Gasteiger partial charge on any atom is -0.368 e. The Kier molecular flexibility index (Phi) is 8.87. The number of Topliss-reactive ketones (excluding diaryl/α,β-unsaturated/α-hetero) is 1. The molecule has 0 aromatic heterocycles. The summed E-state index contributed by atoms with van der Waals surface area (Å²) >= 11 is 0. The molecule has 1 unspecified atom stereocenters. The summed E-state index contributed by atoms with van der Waals surface area (Å²) in [5.74, 6) is -2.86. The number of hydrogen-bond acceptors (Lipinski definition) is 6. The summed E-state index contributed by atoms with van der Waals surface area (Å²) in [6.07, 6.45) is 2.25. The fourth-order valence-electron chi connectivity index (χ4n) is 6.10. The third-order valence-corrected chi connectivity index (χ3v) is 8.92. The third-order valence-electron chi connectivity index (χ3n) is 8.92.